The van der Waals surface area contributed by atoms with Crippen molar-refractivity contribution in [1.29, 1.82) is 0 Å². The van der Waals surface area contributed by atoms with E-state index in [0.29, 0.717) is 5.88 Å². The molecule has 0 aliphatic rings. The lowest BCUT2D eigenvalue weighted by molar-refractivity contribution is 0.249. The van der Waals surface area contributed by atoms with Crippen LogP contribution in [0.2, 0.25) is 0 Å². The molecule has 0 bridgehead atoms. The molecule has 5 nitrogen and oxygen atoms in total. The number of hydrogen-bond acceptors (Lipinski definition) is 3. The number of amides is 2. The summed E-state index contributed by atoms with van der Waals surface area (Å²) in [5, 5.41) is 3.69. The third kappa shape index (κ3) is 3.80. The molecule has 1 heterocycles. The van der Waals surface area contributed by atoms with Crippen molar-refractivity contribution >= 4 is 23.8 Å². The van der Waals surface area contributed by atoms with Crippen LogP contribution in [0, 0.1) is 0 Å². The Bertz CT molecular complexity index is 608. The van der Waals surface area contributed by atoms with E-state index < -0.39 is 6.03 Å². The fourth-order valence-corrected chi connectivity index (χ4v) is 1.74. The number of nitrogens with one attached hydrogen (secondary N) is 1. The quantitative estimate of drug-likeness (QED) is 0.515. The lowest BCUT2D eigenvalue weighted by Gasteiger charge is -2.02. The lowest BCUT2D eigenvalue weighted by Crippen LogP contribution is -2.24. The molecular weight excluding hydrogens is 276 g/mol. The summed E-state index contributed by atoms with van der Waals surface area (Å²) in [5.41, 5.74) is 10.7. The van der Waals surface area contributed by atoms with Crippen molar-refractivity contribution in [3.8, 4) is 11.3 Å². The zero-order valence-corrected chi connectivity index (χ0v) is 11.3. The zero-order chi connectivity index (χ0) is 14.4. The van der Waals surface area contributed by atoms with Crippen molar-refractivity contribution in [2.45, 2.75) is 5.88 Å². The van der Waals surface area contributed by atoms with E-state index in [4.69, 9.17) is 17.3 Å². The summed E-state index contributed by atoms with van der Waals surface area (Å²) >= 11 is 5.72. The van der Waals surface area contributed by atoms with E-state index in [0.717, 1.165) is 22.4 Å². The Hall–Kier alpha value is -2.40. The monoisotopic (exact) mass is 288 g/mol. The van der Waals surface area contributed by atoms with Gasteiger partial charge in [-0.1, -0.05) is 30.3 Å². The van der Waals surface area contributed by atoms with Crippen molar-refractivity contribution in [1.82, 2.24) is 10.4 Å². The molecule has 0 saturated carbocycles. The van der Waals surface area contributed by atoms with Crippen LogP contribution in [0.4, 0.5) is 4.79 Å². The number of benzene rings is 1. The predicted octanol–water partition coefficient (Wildman–Crippen LogP) is 2.49. The highest BCUT2D eigenvalue weighted by atomic mass is 35.5. The Labute approximate surface area is 121 Å². The van der Waals surface area contributed by atoms with E-state index in [2.05, 4.69) is 15.5 Å². The van der Waals surface area contributed by atoms with Crippen molar-refractivity contribution in [2.24, 2.45) is 10.8 Å². The number of hydrogen-bond donors (Lipinski definition) is 2. The first-order chi connectivity index (χ1) is 9.69. The first kappa shape index (κ1) is 14.0. The maximum absolute atomic E-state index is 10.5. The average Bonchev–Trinajstić information content (AvgIpc) is 2.48. The Balaban J connectivity index is 2.10. The number of halogens is 1. The van der Waals surface area contributed by atoms with Gasteiger partial charge in [0.05, 0.1) is 11.9 Å². The molecule has 0 atom stereocenters. The summed E-state index contributed by atoms with van der Waals surface area (Å²) in [6.45, 7) is 0. The van der Waals surface area contributed by atoms with Gasteiger partial charge >= 0.3 is 6.03 Å². The maximum atomic E-state index is 10.5. The Morgan fingerprint density at radius 1 is 1.30 bits per heavy atom. The molecule has 2 aromatic rings. The molecule has 0 fully saturated rings. The normalized spacial score (nSPS) is 10.7. The SMILES string of the molecule is NC(=O)NN=Cc1ccc(-c2ccc(CCl)cn2)cc1. The van der Waals surface area contributed by atoms with E-state index in [1.54, 1.807) is 6.20 Å². The second-order valence-electron chi connectivity index (χ2n) is 4.04. The van der Waals surface area contributed by atoms with Gasteiger partial charge in [-0.2, -0.15) is 5.10 Å². The molecular formula is C14H13ClN4O. The highest BCUT2D eigenvalue weighted by Gasteiger charge is 1.99. The number of carbonyl (C=O) groups is 1. The van der Waals surface area contributed by atoms with Gasteiger partial charge < -0.3 is 5.73 Å². The van der Waals surface area contributed by atoms with E-state index in [-0.39, 0.29) is 0 Å². The Morgan fingerprint density at radius 3 is 2.60 bits per heavy atom. The van der Waals surface area contributed by atoms with Gasteiger partial charge in [-0.3, -0.25) is 4.98 Å². The van der Waals surface area contributed by atoms with E-state index >= 15 is 0 Å². The number of primary amides is 1. The van der Waals surface area contributed by atoms with Crippen LogP contribution >= 0.6 is 11.6 Å². The highest BCUT2D eigenvalue weighted by molar-refractivity contribution is 6.17. The molecule has 20 heavy (non-hydrogen) atoms. The summed E-state index contributed by atoms with van der Waals surface area (Å²) in [5.74, 6) is 0.454. The van der Waals surface area contributed by atoms with Crippen LogP contribution in [0.3, 0.4) is 0 Å². The maximum Gasteiger partial charge on any atom is 0.332 e. The predicted molar refractivity (Wildman–Crippen MR) is 79.5 cm³/mol. The Morgan fingerprint density at radius 2 is 2.05 bits per heavy atom. The van der Waals surface area contributed by atoms with Crippen LogP contribution in [0.25, 0.3) is 11.3 Å². The standard InChI is InChI=1S/C14H13ClN4O/c15-7-11-3-6-13(17-8-11)12-4-1-10(2-5-12)9-18-19-14(16)20/h1-6,8-9H,7H2,(H3,16,19,20). The van der Waals surface area contributed by atoms with Crippen molar-refractivity contribution in [3.63, 3.8) is 0 Å². The number of urea groups is 1. The van der Waals surface area contributed by atoms with E-state index in [9.17, 15) is 4.79 Å². The first-order valence-electron chi connectivity index (χ1n) is 5.89. The molecule has 0 aliphatic carbocycles. The fraction of sp³-hybridized carbons (Fsp3) is 0.0714. The van der Waals surface area contributed by atoms with Crippen molar-refractivity contribution < 1.29 is 4.79 Å². The third-order valence-corrected chi connectivity index (χ3v) is 2.88. The average molecular weight is 289 g/mol. The van der Waals surface area contributed by atoms with Gasteiger partial charge in [-0.05, 0) is 17.2 Å². The van der Waals surface area contributed by atoms with E-state index in [1.807, 2.05) is 36.4 Å². The van der Waals surface area contributed by atoms with Crippen LogP contribution in [0.15, 0.2) is 47.7 Å². The molecule has 0 aliphatic heterocycles. The number of rotatable bonds is 4. The number of carbonyl (C=O) groups excluding carboxylic acids is 1. The van der Waals surface area contributed by atoms with Gasteiger partial charge in [0.15, 0.2) is 0 Å². The van der Waals surface area contributed by atoms with Gasteiger partial charge in [0.1, 0.15) is 0 Å². The second-order valence-corrected chi connectivity index (χ2v) is 4.31. The van der Waals surface area contributed by atoms with Gasteiger partial charge in [0.25, 0.3) is 0 Å². The molecule has 0 radical (unpaired) electrons. The number of aromatic nitrogens is 1. The van der Waals surface area contributed by atoms with Crippen LogP contribution in [0.5, 0.6) is 0 Å². The molecule has 0 unspecified atom stereocenters. The number of nitrogens with two attached hydrogens (primary N) is 1. The minimum atomic E-state index is -0.693. The molecule has 2 amide bonds. The molecule has 102 valence electrons. The minimum Gasteiger partial charge on any atom is -0.350 e. The van der Waals surface area contributed by atoms with Gasteiger partial charge in [0, 0.05) is 17.6 Å². The van der Waals surface area contributed by atoms with Crippen molar-refractivity contribution in [2.75, 3.05) is 0 Å². The lowest BCUT2D eigenvalue weighted by atomic mass is 10.1. The van der Waals surface area contributed by atoms with Crippen LogP contribution in [0.1, 0.15) is 11.1 Å². The summed E-state index contributed by atoms with van der Waals surface area (Å²) in [6.07, 6.45) is 3.27. The van der Waals surface area contributed by atoms with E-state index in [1.165, 1.54) is 6.21 Å². The smallest absolute Gasteiger partial charge is 0.332 e. The highest BCUT2D eigenvalue weighted by Crippen LogP contribution is 2.17. The molecule has 1 aromatic carbocycles. The third-order valence-electron chi connectivity index (χ3n) is 2.57. The number of pyridine rings is 1. The van der Waals surface area contributed by atoms with Gasteiger partial charge in [-0.15, -0.1) is 11.6 Å². The number of alkyl halides is 1. The molecule has 0 spiro atoms. The van der Waals surface area contributed by atoms with Gasteiger partial charge in [0.2, 0.25) is 0 Å². The molecule has 6 heteroatoms. The largest absolute Gasteiger partial charge is 0.350 e. The first-order valence-corrected chi connectivity index (χ1v) is 6.42. The molecule has 2 rings (SSSR count). The number of nitrogens with zero attached hydrogens (tertiary/aromatic N) is 2. The zero-order valence-electron chi connectivity index (χ0n) is 10.6. The summed E-state index contributed by atoms with van der Waals surface area (Å²) in [6, 6.07) is 10.8. The summed E-state index contributed by atoms with van der Waals surface area (Å²) in [7, 11) is 0. The van der Waals surface area contributed by atoms with Crippen LogP contribution < -0.4 is 11.2 Å². The topological polar surface area (TPSA) is 80.4 Å². The molecule has 0 saturated heterocycles. The summed E-state index contributed by atoms with van der Waals surface area (Å²) < 4.78 is 0. The van der Waals surface area contributed by atoms with Crippen LogP contribution in [-0.4, -0.2) is 17.2 Å². The fourth-order valence-electron chi connectivity index (χ4n) is 1.58. The van der Waals surface area contributed by atoms with Crippen LogP contribution in [-0.2, 0) is 5.88 Å². The van der Waals surface area contributed by atoms with Gasteiger partial charge in [-0.25, -0.2) is 10.2 Å². The van der Waals surface area contributed by atoms with Crippen molar-refractivity contribution in [3.05, 3.63) is 53.7 Å². The molecule has 1 aromatic heterocycles. The molecule has 3 N–H and O–H groups in total. The minimum absolute atomic E-state index is 0.454. The number of hydrazone groups is 1. The summed E-state index contributed by atoms with van der Waals surface area (Å²) in [4.78, 5) is 14.8. The Kier molecular flexibility index (Phi) is 4.68. The second kappa shape index (κ2) is 6.68.